The van der Waals surface area contributed by atoms with E-state index in [1.165, 1.54) is 12.1 Å². The van der Waals surface area contributed by atoms with E-state index in [1.54, 1.807) is 54.0 Å². The molecule has 0 spiro atoms. The highest BCUT2D eigenvalue weighted by molar-refractivity contribution is 6.31. The molecule has 1 aliphatic heterocycles. The van der Waals surface area contributed by atoms with Crippen LogP contribution in [0.3, 0.4) is 0 Å². The van der Waals surface area contributed by atoms with Crippen molar-refractivity contribution in [2.75, 3.05) is 10.2 Å². The molecule has 0 bridgehead atoms. The Morgan fingerprint density at radius 1 is 1.26 bits per heavy atom. The number of anilines is 3. The molecule has 31 heavy (non-hydrogen) atoms. The Morgan fingerprint density at radius 3 is 2.81 bits per heavy atom. The summed E-state index contributed by atoms with van der Waals surface area (Å²) in [5.41, 5.74) is 2.63. The fourth-order valence-corrected chi connectivity index (χ4v) is 3.64. The van der Waals surface area contributed by atoms with Gasteiger partial charge in [-0.25, -0.2) is 4.39 Å². The van der Waals surface area contributed by atoms with Gasteiger partial charge in [0, 0.05) is 41.7 Å². The Morgan fingerprint density at radius 2 is 2.06 bits per heavy atom. The van der Waals surface area contributed by atoms with Crippen LogP contribution in [0.15, 0.2) is 42.6 Å². The third-order valence-corrected chi connectivity index (χ3v) is 5.42. The minimum Gasteiger partial charge on any atom is -0.352 e. The summed E-state index contributed by atoms with van der Waals surface area (Å²) in [5.74, 6) is -0.315. The first-order valence-corrected chi connectivity index (χ1v) is 10.2. The number of benzene rings is 2. The van der Waals surface area contributed by atoms with Crippen LogP contribution in [0, 0.1) is 5.82 Å². The summed E-state index contributed by atoms with van der Waals surface area (Å²) in [7, 11) is 1.80. The molecular formula is C22H21ClFN5O2. The third-order valence-electron chi connectivity index (χ3n) is 5.19. The molecule has 0 atom stereocenters. The zero-order valence-corrected chi connectivity index (χ0v) is 17.8. The lowest BCUT2D eigenvalue weighted by atomic mass is 10.1. The van der Waals surface area contributed by atoms with E-state index >= 15 is 0 Å². The van der Waals surface area contributed by atoms with E-state index < -0.39 is 5.82 Å². The van der Waals surface area contributed by atoms with Crippen LogP contribution in [0.4, 0.5) is 21.6 Å². The molecule has 1 aromatic heterocycles. The smallest absolute Gasteiger partial charge is 0.258 e. The van der Waals surface area contributed by atoms with Crippen LogP contribution >= 0.6 is 11.6 Å². The molecule has 0 aliphatic carbocycles. The third kappa shape index (κ3) is 4.11. The Hall–Kier alpha value is -3.39. The molecule has 1 aliphatic rings. The molecule has 3 aromatic rings. The topological polar surface area (TPSA) is 79.3 Å². The summed E-state index contributed by atoms with van der Waals surface area (Å²) in [6.45, 7) is 2.06. The zero-order valence-electron chi connectivity index (χ0n) is 17.1. The van der Waals surface area contributed by atoms with Crippen molar-refractivity contribution in [1.82, 2.24) is 15.1 Å². The van der Waals surface area contributed by atoms with Crippen molar-refractivity contribution >= 4 is 40.6 Å². The summed E-state index contributed by atoms with van der Waals surface area (Å²) in [6, 6.07) is 9.49. The maximum absolute atomic E-state index is 14.6. The highest BCUT2D eigenvalue weighted by Gasteiger charge is 2.27. The van der Waals surface area contributed by atoms with Gasteiger partial charge in [0.15, 0.2) is 0 Å². The Bertz CT molecular complexity index is 1180. The predicted octanol–water partition coefficient (Wildman–Crippen LogP) is 4.14. The molecule has 0 radical (unpaired) electrons. The predicted molar refractivity (Wildman–Crippen MR) is 117 cm³/mol. The fourth-order valence-electron chi connectivity index (χ4n) is 3.47. The van der Waals surface area contributed by atoms with E-state index in [4.69, 9.17) is 11.6 Å². The molecule has 0 saturated heterocycles. The van der Waals surface area contributed by atoms with Gasteiger partial charge >= 0.3 is 0 Å². The maximum atomic E-state index is 14.6. The number of carbonyl (C=O) groups excluding carboxylic acids is 2. The highest BCUT2D eigenvalue weighted by Crippen LogP contribution is 2.37. The van der Waals surface area contributed by atoms with Crippen molar-refractivity contribution in [3.63, 3.8) is 0 Å². The number of rotatable bonds is 4. The largest absolute Gasteiger partial charge is 0.352 e. The quantitative estimate of drug-likeness (QED) is 0.637. The lowest BCUT2D eigenvalue weighted by Gasteiger charge is -2.23. The van der Waals surface area contributed by atoms with Crippen molar-refractivity contribution in [3.8, 4) is 0 Å². The van der Waals surface area contributed by atoms with Gasteiger partial charge in [-0.2, -0.15) is 5.10 Å². The number of amides is 2. The second-order valence-corrected chi connectivity index (χ2v) is 7.69. The summed E-state index contributed by atoms with van der Waals surface area (Å²) in [5, 5.41) is 10.7. The molecule has 0 fully saturated rings. The van der Waals surface area contributed by atoms with Gasteiger partial charge in [0.2, 0.25) is 5.91 Å². The normalized spacial score (nSPS) is 12.5. The average molecular weight is 442 g/mol. The van der Waals surface area contributed by atoms with Gasteiger partial charge < -0.3 is 15.5 Å². The van der Waals surface area contributed by atoms with Crippen LogP contribution in [0.25, 0.3) is 0 Å². The molecule has 0 saturated carbocycles. The fraction of sp³-hybridized carbons (Fsp3) is 0.227. The monoisotopic (exact) mass is 441 g/mol. The Labute approximate surface area is 183 Å². The van der Waals surface area contributed by atoms with Crippen molar-refractivity contribution < 1.29 is 14.0 Å². The highest BCUT2D eigenvalue weighted by atomic mass is 35.5. The van der Waals surface area contributed by atoms with E-state index in [0.29, 0.717) is 28.4 Å². The molecule has 9 heteroatoms. The molecule has 2 heterocycles. The van der Waals surface area contributed by atoms with Crippen molar-refractivity contribution in [2.45, 2.75) is 26.4 Å². The molecule has 4 rings (SSSR count). The van der Waals surface area contributed by atoms with Gasteiger partial charge in [0.05, 0.1) is 24.1 Å². The van der Waals surface area contributed by atoms with Crippen LogP contribution in [-0.4, -0.2) is 21.6 Å². The average Bonchev–Trinajstić information content (AvgIpc) is 3.00. The van der Waals surface area contributed by atoms with Crippen LogP contribution in [0.2, 0.25) is 5.02 Å². The minimum atomic E-state index is -0.548. The standard InChI is InChI=1S/C22H21ClFN5O2/c1-3-20(30)25-10-14-5-4-13(8-17(14)24)22(31)29-12-15-11-26-28(2)21(15)27-18-9-16(23)6-7-19(18)29/h4-9,11,27H,3,10,12H2,1-2H3,(H,25,30). The lowest BCUT2D eigenvalue weighted by molar-refractivity contribution is -0.120. The molecule has 2 N–H and O–H groups in total. The van der Waals surface area contributed by atoms with Gasteiger partial charge in [-0.05, 0) is 30.3 Å². The number of aromatic nitrogens is 2. The summed E-state index contributed by atoms with van der Waals surface area (Å²) >= 11 is 6.17. The van der Waals surface area contributed by atoms with Gasteiger partial charge in [0.25, 0.3) is 5.91 Å². The van der Waals surface area contributed by atoms with E-state index in [9.17, 15) is 14.0 Å². The van der Waals surface area contributed by atoms with E-state index in [-0.39, 0.29) is 30.5 Å². The van der Waals surface area contributed by atoms with E-state index in [1.807, 2.05) is 0 Å². The van der Waals surface area contributed by atoms with E-state index in [2.05, 4.69) is 15.7 Å². The number of hydrogen-bond donors (Lipinski definition) is 2. The van der Waals surface area contributed by atoms with Crippen molar-refractivity contribution in [3.05, 3.63) is 70.1 Å². The summed E-state index contributed by atoms with van der Waals surface area (Å²) in [6.07, 6.45) is 2.01. The van der Waals surface area contributed by atoms with E-state index in [0.717, 1.165) is 11.4 Å². The SMILES string of the molecule is CCC(=O)NCc1ccc(C(=O)N2Cc3cnn(C)c3Nc3cc(Cl)ccc32)cc1F. The first-order valence-electron chi connectivity index (χ1n) is 9.81. The van der Waals surface area contributed by atoms with Crippen LogP contribution < -0.4 is 15.5 Å². The van der Waals surface area contributed by atoms with Gasteiger partial charge in [0.1, 0.15) is 11.6 Å². The van der Waals surface area contributed by atoms with Gasteiger partial charge in [-0.1, -0.05) is 24.6 Å². The molecule has 0 unspecified atom stereocenters. The van der Waals surface area contributed by atoms with Crippen molar-refractivity contribution in [2.24, 2.45) is 7.05 Å². The number of halogens is 2. The second-order valence-electron chi connectivity index (χ2n) is 7.26. The lowest BCUT2D eigenvalue weighted by Crippen LogP contribution is -2.30. The summed E-state index contributed by atoms with van der Waals surface area (Å²) < 4.78 is 16.3. The molecule has 160 valence electrons. The number of carbonyl (C=O) groups is 2. The van der Waals surface area contributed by atoms with Gasteiger partial charge in [-0.3, -0.25) is 14.3 Å². The minimum absolute atomic E-state index is 0.0704. The van der Waals surface area contributed by atoms with Gasteiger partial charge in [-0.15, -0.1) is 0 Å². The second kappa shape index (κ2) is 8.39. The number of fused-ring (bicyclic) bond motifs is 2. The molecule has 2 amide bonds. The number of nitrogens with one attached hydrogen (secondary N) is 2. The van der Waals surface area contributed by atoms with Crippen LogP contribution in [0.5, 0.6) is 0 Å². The maximum Gasteiger partial charge on any atom is 0.258 e. The summed E-state index contributed by atoms with van der Waals surface area (Å²) in [4.78, 5) is 26.4. The number of nitrogens with zero attached hydrogens (tertiary/aromatic N) is 3. The molecule has 7 nitrogen and oxygen atoms in total. The van der Waals surface area contributed by atoms with Crippen LogP contribution in [0.1, 0.15) is 34.8 Å². The Balaban J connectivity index is 1.67. The first-order chi connectivity index (χ1) is 14.9. The Kier molecular flexibility index (Phi) is 5.65. The van der Waals surface area contributed by atoms with Crippen LogP contribution in [-0.2, 0) is 24.9 Å². The number of aryl methyl sites for hydroxylation is 1. The molecular weight excluding hydrogens is 421 g/mol. The zero-order chi connectivity index (χ0) is 22.1. The first kappa shape index (κ1) is 20.9. The number of hydrogen-bond acceptors (Lipinski definition) is 4. The molecule has 2 aromatic carbocycles. The van der Waals surface area contributed by atoms with Crippen molar-refractivity contribution in [1.29, 1.82) is 0 Å².